The molecule has 0 saturated carbocycles. The maximum atomic E-state index is 13.4. The number of rotatable bonds is 4. The van der Waals surface area contributed by atoms with Crippen molar-refractivity contribution in [1.82, 2.24) is 4.98 Å². The van der Waals surface area contributed by atoms with Gasteiger partial charge >= 0.3 is 0 Å². The average Bonchev–Trinajstić information content (AvgIpc) is 2.34. The summed E-state index contributed by atoms with van der Waals surface area (Å²) in [6.07, 6.45) is 4.12. The number of aromatic nitrogens is 1. The number of para-hydroxylation sites is 1. The van der Waals surface area contributed by atoms with E-state index in [0.717, 1.165) is 5.56 Å². The molecule has 2 N–H and O–H groups in total. The van der Waals surface area contributed by atoms with Crippen molar-refractivity contribution in [2.75, 3.05) is 12.3 Å². The van der Waals surface area contributed by atoms with Gasteiger partial charge in [-0.3, -0.25) is 4.98 Å². The average molecular weight is 232 g/mol. The summed E-state index contributed by atoms with van der Waals surface area (Å²) in [7, 11) is 0. The summed E-state index contributed by atoms with van der Waals surface area (Å²) in [6, 6.07) is 8.30. The lowest BCUT2D eigenvalue weighted by atomic mass is 10.2. The zero-order valence-corrected chi connectivity index (χ0v) is 9.27. The van der Waals surface area contributed by atoms with Crippen LogP contribution in [0.2, 0.25) is 0 Å². The van der Waals surface area contributed by atoms with Crippen molar-refractivity contribution in [3.63, 3.8) is 0 Å². The smallest absolute Gasteiger partial charge is 0.177 e. The highest BCUT2D eigenvalue weighted by Crippen LogP contribution is 2.24. The zero-order chi connectivity index (χ0) is 12.1. The minimum absolute atomic E-state index is 0.126. The first kappa shape index (κ1) is 11.4. The van der Waals surface area contributed by atoms with Gasteiger partial charge in [-0.2, -0.15) is 0 Å². The van der Waals surface area contributed by atoms with Gasteiger partial charge in [-0.15, -0.1) is 0 Å². The number of hydrogen-bond acceptors (Lipinski definition) is 3. The summed E-state index contributed by atoms with van der Waals surface area (Å²) in [5.74, 6) is -0.304. The Balaban J connectivity index is 1.95. The van der Waals surface area contributed by atoms with E-state index in [9.17, 15) is 4.39 Å². The molecule has 0 unspecified atom stereocenters. The number of ether oxygens (including phenoxy) is 1. The van der Waals surface area contributed by atoms with Crippen LogP contribution in [0, 0.1) is 5.82 Å². The fourth-order valence-electron chi connectivity index (χ4n) is 1.50. The first-order valence-corrected chi connectivity index (χ1v) is 5.33. The van der Waals surface area contributed by atoms with Crippen molar-refractivity contribution >= 4 is 5.69 Å². The van der Waals surface area contributed by atoms with E-state index in [0.29, 0.717) is 18.7 Å². The van der Waals surface area contributed by atoms with Gasteiger partial charge in [0.1, 0.15) is 0 Å². The SMILES string of the molecule is Nc1cccc(F)c1OCCc1ccncc1. The lowest BCUT2D eigenvalue weighted by molar-refractivity contribution is 0.307. The normalized spacial score (nSPS) is 10.2. The van der Waals surface area contributed by atoms with E-state index in [4.69, 9.17) is 10.5 Å². The molecule has 0 amide bonds. The summed E-state index contributed by atoms with van der Waals surface area (Å²) < 4.78 is 18.7. The summed E-state index contributed by atoms with van der Waals surface area (Å²) >= 11 is 0. The second kappa shape index (κ2) is 5.30. The van der Waals surface area contributed by atoms with Crippen molar-refractivity contribution < 1.29 is 9.13 Å². The molecule has 0 aliphatic carbocycles. The summed E-state index contributed by atoms with van der Waals surface area (Å²) in [5.41, 5.74) is 7.04. The number of halogens is 1. The van der Waals surface area contributed by atoms with Crippen LogP contribution >= 0.6 is 0 Å². The molecule has 0 aliphatic heterocycles. The Morgan fingerprint density at radius 3 is 2.65 bits per heavy atom. The van der Waals surface area contributed by atoms with Crippen LogP contribution < -0.4 is 10.5 Å². The van der Waals surface area contributed by atoms with Crippen molar-refractivity contribution in [2.45, 2.75) is 6.42 Å². The Bertz CT molecular complexity index is 468. The van der Waals surface area contributed by atoms with E-state index >= 15 is 0 Å². The number of nitrogen functional groups attached to an aromatic ring is 1. The topological polar surface area (TPSA) is 48.1 Å². The quantitative estimate of drug-likeness (QED) is 0.823. The molecule has 4 heteroatoms. The van der Waals surface area contributed by atoms with Gasteiger partial charge in [-0.05, 0) is 29.8 Å². The van der Waals surface area contributed by atoms with Crippen LogP contribution in [-0.2, 0) is 6.42 Å². The molecule has 2 rings (SSSR count). The van der Waals surface area contributed by atoms with Crippen LogP contribution in [0.15, 0.2) is 42.7 Å². The van der Waals surface area contributed by atoms with E-state index in [1.165, 1.54) is 6.07 Å². The molecular formula is C13H13FN2O. The van der Waals surface area contributed by atoms with Crippen molar-refractivity contribution in [3.8, 4) is 5.75 Å². The molecule has 0 bridgehead atoms. The van der Waals surface area contributed by atoms with Crippen molar-refractivity contribution in [3.05, 3.63) is 54.1 Å². The van der Waals surface area contributed by atoms with Crippen LogP contribution in [0.3, 0.4) is 0 Å². The number of anilines is 1. The van der Waals surface area contributed by atoms with E-state index in [1.807, 2.05) is 12.1 Å². The Kier molecular flexibility index (Phi) is 3.55. The standard InChI is InChI=1S/C13H13FN2O/c14-11-2-1-3-12(15)13(11)17-9-6-10-4-7-16-8-5-10/h1-5,7-8H,6,9,15H2. The number of benzene rings is 1. The van der Waals surface area contributed by atoms with E-state index in [1.54, 1.807) is 24.5 Å². The fourth-order valence-corrected chi connectivity index (χ4v) is 1.50. The predicted octanol–water partition coefficient (Wildman–Crippen LogP) is 2.42. The van der Waals surface area contributed by atoms with Gasteiger partial charge in [0.25, 0.3) is 0 Å². The number of pyridine rings is 1. The third-order valence-electron chi connectivity index (χ3n) is 2.38. The molecule has 17 heavy (non-hydrogen) atoms. The number of nitrogens with zero attached hydrogens (tertiary/aromatic N) is 1. The van der Waals surface area contributed by atoms with Crippen molar-refractivity contribution in [1.29, 1.82) is 0 Å². The van der Waals surface area contributed by atoms with E-state index in [-0.39, 0.29) is 5.75 Å². The van der Waals surface area contributed by atoms with Crippen LogP contribution in [0.25, 0.3) is 0 Å². The Morgan fingerprint density at radius 2 is 1.94 bits per heavy atom. The van der Waals surface area contributed by atoms with Crippen molar-refractivity contribution in [2.24, 2.45) is 0 Å². The molecule has 1 heterocycles. The molecule has 0 atom stereocenters. The number of hydrogen-bond donors (Lipinski definition) is 1. The molecule has 3 nitrogen and oxygen atoms in total. The highest BCUT2D eigenvalue weighted by atomic mass is 19.1. The molecule has 1 aromatic carbocycles. The molecule has 2 aromatic rings. The molecule has 1 aromatic heterocycles. The second-order valence-electron chi connectivity index (χ2n) is 3.61. The summed E-state index contributed by atoms with van der Waals surface area (Å²) in [4.78, 5) is 3.92. The molecule has 0 spiro atoms. The molecule has 88 valence electrons. The van der Waals surface area contributed by atoms with Gasteiger partial charge < -0.3 is 10.5 Å². The van der Waals surface area contributed by atoms with Gasteiger partial charge in [-0.1, -0.05) is 6.07 Å². The molecule has 0 radical (unpaired) electrons. The van der Waals surface area contributed by atoms with Gasteiger partial charge in [-0.25, -0.2) is 4.39 Å². The third kappa shape index (κ3) is 2.93. The maximum Gasteiger partial charge on any atom is 0.177 e. The second-order valence-corrected chi connectivity index (χ2v) is 3.61. The summed E-state index contributed by atoms with van der Waals surface area (Å²) in [5, 5.41) is 0. The monoisotopic (exact) mass is 232 g/mol. The van der Waals surface area contributed by atoms with Crippen LogP contribution in [0.1, 0.15) is 5.56 Å². The van der Waals surface area contributed by atoms with Gasteiger partial charge in [0, 0.05) is 18.8 Å². The van der Waals surface area contributed by atoms with Gasteiger partial charge in [0.15, 0.2) is 11.6 Å². The lowest BCUT2D eigenvalue weighted by Gasteiger charge is -2.09. The zero-order valence-electron chi connectivity index (χ0n) is 9.27. The number of nitrogens with two attached hydrogens (primary N) is 1. The van der Waals surface area contributed by atoms with Crippen LogP contribution in [-0.4, -0.2) is 11.6 Å². The lowest BCUT2D eigenvalue weighted by Crippen LogP contribution is -2.05. The first-order chi connectivity index (χ1) is 8.27. The Labute approximate surface area is 99.1 Å². The maximum absolute atomic E-state index is 13.4. The van der Waals surface area contributed by atoms with Crippen LogP contribution in [0.4, 0.5) is 10.1 Å². The van der Waals surface area contributed by atoms with Gasteiger partial charge in [0.2, 0.25) is 0 Å². The van der Waals surface area contributed by atoms with E-state index < -0.39 is 5.82 Å². The molecule has 0 aliphatic rings. The Hall–Kier alpha value is -2.10. The third-order valence-corrected chi connectivity index (χ3v) is 2.38. The highest BCUT2D eigenvalue weighted by molar-refractivity contribution is 5.52. The minimum Gasteiger partial charge on any atom is -0.488 e. The predicted molar refractivity (Wildman–Crippen MR) is 64.2 cm³/mol. The highest BCUT2D eigenvalue weighted by Gasteiger charge is 2.06. The molecule has 0 fully saturated rings. The van der Waals surface area contributed by atoms with Crippen LogP contribution in [0.5, 0.6) is 5.75 Å². The van der Waals surface area contributed by atoms with E-state index in [2.05, 4.69) is 4.98 Å². The van der Waals surface area contributed by atoms with Gasteiger partial charge in [0.05, 0.1) is 12.3 Å². The molecular weight excluding hydrogens is 219 g/mol. The summed E-state index contributed by atoms with van der Waals surface area (Å²) in [6.45, 7) is 0.384. The molecule has 0 saturated heterocycles. The minimum atomic E-state index is -0.431. The first-order valence-electron chi connectivity index (χ1n) is 5.33. The Morgan fingerprint density at radius 1 is 1.18 bits per heavy atom. The largest absolute Gasteiger partial charge is 0.488 e. The fraction of sp³-hybridized carbons (Fsp3) is 0.154.